The lowest BCUT2D eigenvalue weighted by molar-refractivity contribution is -0.147. The topological polar surface area (TPSA) is 29.5 Å². The van der Waals surface area contributed by atoms with E-state index < -0.39 is 0 Å². The van der Waals surface area contributed by atoms with Crippen LogP contribution in [0.1, 0.15) is 45.2 Å². The lowest BCUT2D eigenvalue weighted by atomic mass is 9.96. The fraction of sp³-hybridized carbons (Fsp3) is 0.500. The number of benzene rings is 1. The number of esters is 1. The maximum Gasteiger partial charge on any atom is 0.330 e. The monoisotopic (exact) mass is 289 g/mol. The number of hydrogen-bond acceptors (Lipinski definition) is 3. The Balaban J connectivity index is 3.11. The highest BCUT2D eigenvalue weighted by molar-refractivity contribution is 5.81. The van der Waals surface area contributed by atoms with E-state index in [9.17, 15) is 4.79 Å². The smallest absolute Gasteiger partial charge is 0.330 e. The molecule has 0 amide bonds. The van der Waals surface area contributed by atoms with Crippen molar-refractivity contribution in [1.29, 1.82) is 0 Å². The van der Waals surface area contributed by atoms with Gasteiger partial charge >= 0.3 is 5.97 Å². The van der Waals surface area contributed by atoms with Crippen LogP contribution in [0.4, 0.5) is 0 Å². The molecule has 0 saturated carbocycles. The molecule has 0 N–H and O–H groups in total. The Morgan fingerprint density at radius 1 is 1.24 bits per heavy atom. The first-order valence-corrected chi connectivity index (χ1v) is 7.79. The Hall–Kier alpha value is -1.61. The second-order valence-electron chi connectivity index (χ2n) is 5.04. The van der Waals surface area contributed by atoms with E-state index in [2.05, 4.69) is 44.4 Å². The van der Waals surface area contributed by atoms with Crippen molar-refractivity contribution in [3.05, 3.63) is 48.6 Å². The van der Waals surface area contributed by atoms with E-state index in [4.69, 9.17) is 4.74 Å². The first-order valence-electron chi connectivity index (χ1n) is 7.79. The average Bonchev–Trinajstić information content (AvgIpc) is 2.52. The summed E-state index contributed by atoms with van der Waals surface area (Å²) in [7, 11) is 0. The van der Waals surface area contributed by atoms with Crippen molar-refractivity contribution in [3.63, 3.8) is 0 Å². The third kappa shape index (κ3) is 5.01. The summed E-state index contributed by atoms with van der Waals surface area (Å²) in [5, 5.41) is 0. The minimum atomic E-state index is -0.346. The normalized spacial score (nSPS) is 13.7. The molecule has 0 aliphatic carbocycles. The number of rotatable bonds is 9. The van der Waals surface area contributed by atoms with Crippen molar-refractivity contribution in [3.8, 4) is 0 Å². The van der Waals surface area contributed by atoms with Crippen LogP contribution in [0, 0.1) is 0 Å². The van der Waals surface area contributed by atoms with Gasteiger partial charge in [0.25, 0.3) is 0 Å². The Bertz CT molecular complexity index is 426. The summed E-state index contributed by atoms with van der Waals surface area (Å²) in [5.74, 6) is -0.346. The van der Waals surface area contributed by atoms with E-state index in [-0.39, 0.29) is 18.1 Å². The molecule has 21 heavy (non-hydrogen) atoms. The number of nitrogens with zero attached hydrogens (tertiary/aromatic N) is 1. The van der Waals surface area contributed by atoms with Gasteiger partial charge in [-0.2, -0.15) is 0 Å². The van der Waals surface area contributed by atoms with Crippen molar-refractivity contribution in [2.45, 2.75) is 45.8 Å². The highest BCUT2D eigenvalue weighted by atomic mass is 16.5. The van der Waals surface area contributed by atoms with Gasteiger partial charge in [0.15, 0.2) is 0 Å². The zero-order chi connectivity index (χ0) is 15.7. The maximum atomic E-state index is 11.7. The van der Waals surface area contributed by atoms with Crippen LogP contribution in [0.5, 0.6) is 0 Å². The number of ether oxygens (including phenoxy) is 1. The van der Waals surface area contributed by atoms with Crippen LogP contribution in [-0.4, -0.2) is 30.1 Å². The summed E-state index contributed by atoms with van der Waals surface area (Å²) in [6.07, 6.45) is 2.91. The summed E-state index contributed by atoms with van der Waals surface area (Å²) >= 11 is 0. The highest BCUT2D eigenvalue weighted by Gasteiger charge is 2.29. The maximum absolute atomic E-state index is 11.7. The molecule has 0 aliphatic rings. The summed E-state index contributed by atoms with van der Waals surface area (Å²) in [4.78, 5) is 14.0. The number of hydrogen-bond donors (Lipinski definition) is 0. The summed E-state index contributed by atoms with van der Waals surface area (Å²) in [6.45, 7) is 11.7. The van der Waals surface area contributed by atoms with Crippen LogP contribution in [0.2, 0.25) is 0 Å². The van der Waals surface area contributed by atoms with Crippen molar-refractivity contribution < 1.29 is 9.53 Å². The van der Waals surface area contributed by atoms with Gasteiger partial charge in [-0.25, -0.2) is 4.79 Å². The first kappa shape index (κ1) is 17.4. The van der Waals surface area contributed by atoms with E-state index in [0.717, 1.165) is 25.9 Å². The molecule has 0 saturated heterocycles. The standard InChI is InChI=1S/C18H27NO2/c1-5-12-16(21-17(20)6-2)18(19(7-3)8-4)15-13-10-9-11-14-15/h6,9-11,13-14,16,18H,2,5,7-8,12H2,1,3-4H3. The van der Waals surface area contributed by atoms with Gasteiger partial charge in [0, 0.05) is 6.08 Å². The molecule has 1 rings (SSSR count). The summed E-state index contributed by atoms with van der Waals surface area (Å²) in [5.41, 5.74) is 1.19. The quantitative estimate of drug-likeness (QED) is 0.509. The molecule has 0 aromatic heterocycles. The SMILES string of the molecule is C=CC(=O)OC(CCC)C(c1ccccc1)N(CC)CC. The van der Waals surface area contributed by atoms with Crippen molar-refractivity contribution in [2.24, 2.45) is 0 Å². The van der Waals surface area contributed by atoms with Crippen LogP contribution in [0.15, 0.2) is 43.0 Å². The lowest BCUT2D eigenvalue weighted by Crippen LogP contribution is -2.38. The zero-order valence-corrected chi connectivity index (χ0v) is 13.4. The van der Waals surface area contributed by atoms with E-state index in [0.29, 0.717) is 0 Å². The van der Waals surface area contributed by atoms with E-state index in [1.165, 1.54) is 11.6 Å². The number of likely N-dealkylation sites (N-methyl/N-ethyl adjacent to an activating group) is 1. The molecule has 2 atom stereocenters. The van der Waals surface area contributed by atoms with Gasteiger partial charge < -0.3 is 4.74 Å². The van der Waals surface area contributed by atoms with Crippen molar-refractivity contribution in [1.82, 2.24) is 4.90 Å². The van der Waals surface area contributed by atoms with Gasteiger partial charge in [-0.1, -0.05) is 64.1 Å². The number of carbonyl (C=O) groups is 1. The number of carbonyl (C=O) groups excluding carboxylic acids is 1. The predicted molar refractivity (Wildman–Crippen MR) is 87.1 cm³/mol. The second kappa shape index (κ2) is 9.35. The molecule has 0 radical (unpaired) electrons. The van der Waals surface area contributed by atoms with E-state index in [1.807, 2.05) is 18.2 Å². The average molecular weight is 289 g/mol. The molecule has 0 fully saturated rings. The van der Waals surface area contributed by atoms with Gasteiger partial charge in [-0.15, -0.1) is 0 Å². The molecule has 3 heteroatoms. The Morgan fingerprint density at radius 3 is 2.33 bits per heavy atom. The van der Waals surface area contributed by atoms with Crippen LogP contribution in [0.3, 0.4) is 0 Å². The fourth-order valence-corrected chi connectivity index (χ4v) is 2.69. The molecule has 1 aromatic carbocycles. The van der Waals surface area contributed by atoms with Gasteiger partial charge in [0.1, 0.15) is 6.10 Å². The Kier molecular flexibility index (Phi) is 7.76. The van der Waals surface area contributed by atoms with E-state index >= 15 is 0 Å². The molecule has 116 valence electrons. The molecule has 1 aromatic rings. The molecule has 0 bridgehead atoms. The first-order chi connectivity index (χ1) is 10.2. The summed E-state index contributed by atoms with van der Waals surface area (Å²) < 4.78 is 5.64. The molecule has 3 nitrogen and oxygen atoms in total. The van der Waals surface area contributed by atoms with Gasteiger partial charge in [0.05, 0.1) is 6.04 Å². The molecule has 0 aliphatic heterocycles. The van der Waals surface area contributed by atoms with Gasteiger partial charge in [0.2, 0.25) is 0 Å². The summed E-state index contributed by atoms with van der Waals surface area (Å²) in [6, 6.07) is 10.4. The van der Waals surface area contributed by atoms with Crippen LogP contribution < -0.4 is 0 Å². The van der Waals surface area contributed by atoms with Gasteiger partial charge in [-0.3, -0.25) is 4.90 Å². The zero-order valence-electron chi connectivity index (χ0n) is 13.4. The van der Waals surface area contributed by atoms with Crippen LogP contribution in [0.25, 0.3) is 0 Å². The predicted octanol–water partition coefficient (Wildman–Crippen LogP) is 3.97. The Labute approximate surface area is 128 Å². The molecule has 2 unspecified atom stereocenters. The third-order valence-electron chi connectivity index (χ3n) is 3.71. The van der Waals surface area contributed by atoms with Gasteiger partial charge in [-0.05, 0) is 25.1 Å². The van der Waals surface area contributed by atoms with Crippen LogP contribution in [-0.2, 0) is 9.53 Å². The molecule has 0 spiro atoms. The Morgan fingerprint density at radius 2 is 1.86 bits per heavy atom. The lowest BCUT2D eigenvalue weighted by Gasteiger charge is -2.35. The third-order valence-corrected chi connectivity index (χ3v) is 3.71. The highest BCUT2D eigenvalue weighted by Crippen LogP contribution is 2.29. The minimum absolute atomic E-state index is 0.0880. The molecular formula is C18H27NO2. The molecular weight excluding hydrogens is 262 g/mol. The van der Waals surface area contributed by atoms with E-state index in [1.54, 1.807) is 0 Å². The fourth-order valence-electron chi connectivity index (χ4n) is 2.69. The largest absolute Gasteiger partial charge is 0.457 e. The van der Waals surface area contributed by atoms with Crippen molar-refractivity contribution >= 4 is 5.97 Å². The second-order valence-corrected chi connectivity index (χ2v) is 5.04. The van der Waals surface area contributed by atoms with Crippen LogP contribution >= 0.6 is 0 Å². The van der Waals surface area contributed by atoms with Crippen molar-refractivity contribution in [2.75, 3.05) is 13.1 Å². The minimum Gasteiger partial charge on any atom is -0.457 e. The molecule has 0 heterocycles.